The molecule has 1 fully saturated rings. The van der Waals surface area contributed by atoms with E-state index >= 15 is 0 Å². The number of benzene rings is 2. The normalized spacial score (nSPS) is 14.9. The predicted octanol–water partition coefficient (Wildman–Crippen LogP) is 4.61. The summed E-state index contributed by atoms with van der Waals surface area (Å²) in [6, 6.07) is 10.8. The molecule has 13 nitrogen and oxygen atoms in total. The standard InChI is InChI=1S/C31H35ClF3N9O4/c1-18(36)4-2-3-5-23(26(47)38-16-24(37)45)40-25(46)19-6-12-22(13-7-19)39-27-41-28(43-29(42-27)48-17-31(33,34)35)44-30(14-15-30)20-8-10-21(32)11-9-20/h6-13,23,36H,2-5,14-17H2,1H3,(H2,37,45)(H,38,47)(H,40,46)(H2,39,41,42,43,44)/t23-/m0/s1/i17D2. The lowest BCUT2D eigenvalue weighted by atomic mass is 10.1. The first kappa shape index (κ1) is 32.9. The summed E-state index contributed by atoms with van der Waals surface area (Å²) in [6.07, 6.45) is -2.19. The third kappa shape index (κ3) is 11.1. The van der Waals surface area contributed by atoms with Gasteiger partial charge in [0, 0.05) is 22.0 Å². The van der Waals surface area contributed by atoms with Crippen molar-refractivity contribution in [3.63, 3.8) is 0 Å². The summed E-state index contributed by atoms with van der Waals surface area (Å²) in [4.78, 5) is 48.9. The summed E-state index contributed by atoms with van der Waals surface area (Å²) < 4.78 is 59.2. The van der Waals surface area contributed by atoms with Crippen LogP contribution in [-0.4, -0.2) is 63.7 Å². The van der Waals surface area contributed by atoms with Gasteiger partial charge in [0.05, 0.1) is 14.8 Å². The average molecular weight is 692 g/mol. The smallest absolute Gasteiger partial charge is 0.422 e. The number of aromatic nitrogens is 3. The molecule has 1 aliphatic carbocycles. The lowest BCUT2D eigenvalue weighted by molar-refractivity contribution is -0.154. The molecule has 3 aromatic rings. The highest BCUT2D eigenvalue weighted by atomic mass is 35.5. The van der Waals surface area contributed by atoms with Crippen molar-refractivity contribution in [1.82, 2.24) is 25.6 Å². The van der Waals surface area contributed by atoms with Crippen molar-refractivity contribution in [3.05, 3.63) is 64.7 Å². The fourth-order valence-electron chi connectivity index (χ4n) is 4.59. The number of anilines is 3. The Morgan fingerprint density at radius 3 is 2.33 bits per heavy atom. The van der Waals surface area contributed by atoms with E-state index in [1.54, 1.807) is 31.2 Å². The molecule has 1 aromatic heterocycles. The number of rotatable bonds is 17. The van der Waals surface area contributed by atoms with Crippen LogP contribution in [0.1, 0.15) is 64.1 Å². The van der Waals surface area contributed by atoms with Gasteiger partial charge in [0.1, 0.15) is 6.04 Å². The fraction of sp³-hybridized carbons (Fsp3) is 0.387. The van der Waals surface area contributed by atoms with Crippen LogP contribution in [0.3, 0.4) is 0 Å². The molecule has 1 saturated carbocycles. The molecule has 0 saturated heterocycles. The van der Waals surface area contributed by atoms with Crippen molar-refractivity contribution in [2.45, 2.75) is 63.2 Å². The molecular formula is C31H35ClF3N9O4. The van der Waals surface area contributed by atoms with E-state index in [9.17, 15) is 27.6 Å². The molecule has 0 unspecified atom stereocenters. The van der Waals surface area contributed by atoms with Crippen LogP contribution >= 0.6 is 11.6 Å². The number of nitrogens with two attached hydrogens (primary N) is 1. The highest BCUT2D eigenvalue weighted by Gasteiger charge is 2.45. The van der Waals surface area contributed by atoms with E-state index in [0.717, 1.165) is 5.56 Å². The van der Waals surface area contributed by atoms with E-state index in [1.807, 2.05) is 0 Å². The van der Waals surface area contributed by atoms with Crippen LogP contribution < -0.4 is 31.7 Å². The minimum atomic E-state index is -5.39. The first-order valence-electron chi connectivity index (χ1n) is 15.8. The monoisotopic (exact) mass is 691 g/mol. The number of unbranched alkanes of at least 4 members (excludes halogenated alkanes) is 1. The Kier molecular flexibility index (Phi) is 10.8. The van der Waals surface area contributed by atoms with Crippen LogP contribution in [0.4, 0.5) is 30.8 Å². The summed E-state index contributed by atoms with van der Waals surface area (Å²) in [5.41, 5.74) is 6.22. The van der Waals surface area contributed by atoms with Gasteiger partial charge in [-0.3, -0.25) is 14.4 Å². The Bertz CT molecular complexity index is 1710. The van der Waals surface area contributed by atoms with Gasteiger partial charge in [-0.2, -0.15) is 28.1 Å². The Balaban J connectivity index is 1.51. The molecule has 2 aromatic carbocycles. The summed E-state index contributed by atoms with van der Waals surface area (Å²) in [5, 5.41) is 19.0. The fourth-order valence-corrected chi connectivity index (χ4v) is 4.72. The van der Waals surface area contributed by atoms with Gasteiger partial charge in [-0.1, -0.05) is 30.2 Å². The van der Waals surface area contributed by atoms with E-state index in [1.165, 1.54) is 24.3 Å². The topological polar surface area (TPSA) is 197 Å². The molecule has 1 heterocycles. The number of hydrogen-bond donors (Lipinski definition) is 6. The van der Waals surface area contributed by atoms with Gasteiger partial charge in [0.15, 0.2) is 6.56 Å². The van der Waals surface area contributed by atoms with Crippen LogP contribution in [0.15, 0.2) is 48.5 Å². The summed E-state index contributed by atoms with van der Waals surface area (Å²) >= 11 is 6.01. The van der Waals surface area contributed by atoms with Crippen LogP contribution in [0.25, 0.3) is 0 Å². The Hall–Kier alpha value is -4.99. The van der Waals surface area contributed by atoms with Gasteiger partial charge in [0.2, 0.25) is 23.7 Å². The number of nitrogens with zero attached hydrogens (tertiary/aromatic N) is 3. The van der Waals surface area contributed by atoms with Gasteiger partial charge in [0.25, 0.3) is 5.91 Å². The first-order chi connectivity index (χ1) is 23.5. The first-order valence-corrected chi connectivity index (χ1v) is 15.2. The van der Waals surface area contributed by atoms with E-state index < -0.39 is 54.6 Å². The van der Waals surface area contributed by atoms with Crippen LogP contribution in [-0.2, 0) is 15.1 Å². The lowest BCUT2D eigenvalue weighted by Gasteiger charge is -2.19. The zero-order valence-electron chi connectivity index (χ0n) is 27.7. The van der Waals surface area contributed by atoms with Gasteiger partial charge >= 0.3 is 12.2 Å². The second kappa shape index (κ2) is 15.7. The Morgan fingerprint density at radius 2 is 1.73 bits per heavy atom. The highest BCUT2D eigenvalue weighted by molar-refractivity contribution is 6.30. The molecular weight excluding hydrogens is 655 g/mol. The van der Waals surface area contributed by atoms with E-state index in [4.69, 9.17) is 25.5 Å². The molecule has 0 bridgehead atoms. The molecule has 48 heavy (non-hydrogen) atoms. The minimum absolute atomic E-state index is 0.151. The summed E-state index contributed by atoms with van der Waals surface area (Å²) in [7, 11) is 0. The van der Waals surface area contributed by atoms with E-state index in [-0.39, 0.29) is 23.9 Å². The van der Waals surface area contributed by atoms with Gasteiger partial charge in [-0.15, -0.1) is 0 Å². The SMILES string of the molecule is [2H]C([2H])(Oc1nc(Nc2ccc(C(=O)N[C@@H](CCCCC(C)=N)C(=O)NCC(N)=O)cc2)nc(NC2(c3ccc(Cl)cc3)CC2)n1)C(F)(F)F. The Morgan fingerprint density at radius 1 is 1.06 bits per heavy atom. The predicted molar refractivity (Wildman–Crippen MR) is 172 cm³/mol. The number of alkyl halides is 3. The maximum atomic E-state index is 13.3. The van der Waals surface area contributed by atoms with Crippen molar-refractivity contribution in [2.75, 3.05) is 23.7 Å². The van der Waals surface area contributed by atoms with E-state index in [2.05, 4.69) is 41.0 Å². The molecule has 17 heteroatoms. The van der Waals surface area contributed by atoms with Crippen molar-refractivity contribution in [2.24, 2.45) is 5.73 Å². The third-order valence-corrected chi connectivity index (χ3v) is 7.38. The second-order valence-electron chi connectivity index (χ2n) is 11.1. The molecule has 256 valence electrons. The zero-order valence-corrected chi connectivity index (χ0v) is 26.5. The third-order valence-electron chi connectivity index (χ3n) is 7.13. The molecule has 0 spiro atoms. The van der Waals surface area contributed by atoms with Crippen LogP contribution in [0, 0.1) is 5.41 Å². The van der Waals surface area contributed by atoms with Crippen molar-refractivity contribution < 1.29 is 35.0 Å². The number of primary amides is 1. The number of nitrogens with one attached hydrogen (secondary N) is 5. The van der Waals surface area contributed by atoms with Gasteiger partial charge in [-0.05, 0) is 81.0 Å². The highest BCUT2D eigenvalue weighted by Crippen LogP contribution is 2.48. The summed E-state index contributed by atoms with van der Waals surface area (Å²) in [5.74, 6) is -2.43. The average Bonchev–Trinajstić information content (AvgIpc) is 3.81. The van der Waals surface area contributed by atoms with Crippen LogP contribution in [0.2, 0.25) is 5.02 Å². The van der Waals surface area contributed by atoms with E-state index in [0.29, 0.717) is 48.5 Å². The lowest BCUT2D eigenvalue weighted by Crippen LogP contribution is -2.48. The van der Waals surface area contributed by atoms with Crippen LogP contribution in [0.5, 0.6) is 6.01 Å². The minimum Gasteiger partial charge on any atom is -0.454 e. The number of carbonyl (C=O) groups is 3. The molecule has 1 atom stereocenters. The quantitative estimate of drug-likeness (QED) is 0.0865. The number of amides is 3. The largest absolute Gasteiger partial charge is 0.454 e. The molecule has 0 radical (unpaired) electrons. The second-order valence-corrected chi connectivity index (χ2v) is 11.6. The zero-order chi connectivity index (χ0) is 36.7. The maximum Gasteiger partial charge on any atom is 0.422 e. The number of carbonyl (C=O) groups excluding carboxylic acids is 3. The molecule has 4 rings (SSSR count). The molecule has 1 aliphatic rings. The molecule has 7 N–H and O–H groups in total. The molecule has 3 amide bonds. The van der Waals surface area contributed by atoms with Crippen molar-refractivity contribution >= 4 is 52.6 Å². The molecule has 0 aliphatic heterocycles. The number of halogens is 4. The number of hydrogen-bond acceptors (Lipinski definition) is 10. The maximum absolute atomic E-state index is 13.3. The van der Waals surface area contributed by atoms with Gasteiger partial charge < -0.3 is 37.1 Å². The van der Waals surface area contributed by atoms with Crippen molar-refractivity contribution in [3.8, 4) is 6.01 Å². The summed E-state index contributed by atoms with van der Waals surface area (Å²) in [6.45, 7) is -2.85. The van der Waals surface area contributed by atoms with Gasteiger partial charge in [-0.25, -0.2) is 0 Å². The van der Waals surface area contributed by atoms with Crippen molar-refractivity contribution in [1.29, 1.82) is 5.41 Å². The Labute approximate surface area is 281 Å². The number of ether oxygens (including phenoxy) is 1.